The average Bonchev–Trinajstić information content (AvgIpc) is 2.49. The molecule has 6 heteroatoms. The van der Waals surface area contributed by atoms with Crippen LogP contribution in [0.25, 0.3) is 0 Å². The second kappa shape index (κ2) is 5.56. The van der Waals surface area contributed by atoms with E-state index >= 15 is 0 Å². The first-order valence-electron chi connectivity index (χ1n) is 7.00. The quantitative estimate of drug-likeness (QED) is 0.898. The number of hydrogen-bond donors (Lipinski definition) is 1. The lowest BCUT2D eigenvalue weighted by molar-refractivity contribution is -0.138. The van der Waals surface area contributed by atoms with Crippen molar-refractivity contribution in [3.8, 4) is 0 Å². The molecule has 1 aromatic rings. The molecule has 1 atom stereocenters. The Morgan fingerprint density at radius 2 is 1.80 bits per heavy atom. The highest BCUT2D eigenvalue weighted by atomic mass is 16.2. The van der Waals surface area contributed by atoms with E-state index < -0.39 is 11.6 Å². The van der Waals surface area contributed by atoms with Gasteiger partial charge in [-0.1, -0.05) is 20.8 Å². The van der Waals surface area contributed by atoms with Crippen LogP contribution in [-0.4, -0.2) is 33.4 Å². The van der Waals surface area contributed by atoms with Gasteiger partial charge in [-0.3, -0.25) is 14.5 Å². The Hall–Kier alpha value is -1.98. The van der Waals surface area contributed by atoms with Gasteiger partial charge in [0.05, 0.1) is 18.1 Å². The minimum absolute atomic E-state index is 0.0799. The maximum atomic E-state index is 12.9. The zero-order valence-electron chi connectivity index (χ0n) is 12.1. The van der Waals surface area contributed by atoms with E-state index in [1.807, 2.05) is 20.8 Å². The largest absolute Gasteiger partial charge is 0.340 e. The Bertz CT molecular complexity index is 499. The number of amides is 2. The molecule has 2 amide bonds. The lowest BCUT2D eigenvalue weighted by Gasteiger charge is -2.45. The first-order chi connectivity index (χ1) is 9.59. The van der Waals surface area contributed by atoms with Gasteiger partial charge in [-0.05, 0) is 19.3 Å². The molecule has 108 valence electrons. The number of aromatic nitrogens is 2. The fourth-order valence-electron chi connectivity index (χ4n) is 2.67. The molecule has 0 aliphatic carbocycles. The number of carbonyl (C=O) groups is 2. The number of rotatable bonds is 4. The van der Waals surface area contributed by atoms with E-state index in [-0.39, 0.29) is 11.8 Å². The summed E-state index contributed by atoms with van der Waals surface area (Å²) in [5.41, 5.74) is -0.246. The highest BCUT2D eigenvalue weighted by Crippen LogP contribution is 2.29. The van der Waals surface area contributed by atoms with E-state index in [0.717, 1.165) is 0 Å². The lowest BCUT2D eigenvalue weighted by atomic mass is 9.86. The second-order valence-corrected chi connectivity index (χ2v) is 4.97. The van der Waals surface area contributed by atoms with E-state index in [2.05, 4.69) is 15.3 Å². The first-order valence-corrected chi connectivity index (χ1v) is 7.00. The van der Waals surface area contributed by atoms with Crippen molar-refractivity contribution in [1.29, 1.82) is 0 Å². The van der Waals surface area contributed by atoms with E-state index in [1.165, 1.54) is 6.33 Å². The zero-order chi connectivity index (χ0) is 14.8. The van der Waals surface area contributed by atoms with Gasteiger partial charge >= 0.3 is 0 Å². The maximum Gasteiger partial charge on any atom is 0.253 e. The third-order valence-electron chi connectivity index (χ3n) is 4.02. The summed E-state index contributed by atoms with van der Waals surface area (Å²) in [4.78, 5) is 34.7. The zero-order valence-corrected chi connectivity index (χ0v) is 12.1. The number of piperazine rings is 1. The summed E-state index contributed by atoms with van der Waals surface area (Å²) in [6.07, 6.45) is 6.23. The molecule has 0 radical (unpaired) electrons. The van der Waals surface area contributed by atoms with E-state index in [9.17, 15) is 9.59 Å². The smallest absolute Gasteiger partial charge is 0.253 e. The molecule has 0 aromatic carbocycles. The SMILES string of the molecule is CCC1C(=O)NC(CC)(CC)C(=O)N1c1cncnc1. The van der Waals surface area contributed by atoms with Gasteiger partial charge in [0.15, 0.2) is 0 Å². The number of nitrogens with one attached hydrogen (secondary N) is 1. The highest BCUT2D eigenvalue weighted by Gasteiger charge is 2.48. The van der Waals surface area contributed by atoms with Gasteiger partial charge in [0.25, 0.3) is 5.91 Å². The topological polar surface area (TPSA) is 75.2 Å². The van der Waals surface area contributed by atoms with Crippen molar-refractivity contribution in [3.63, 3.8) is 0 Å². The molecule has 2 heterocycles. The van der Waals surface area contributed by atoms with E-state index in [1.54, 1.807) is 17.3 Å². The standard InChI is InChI=1S/C14H20N4O2/c1-4-11-12(19)17-14(5-2,6-3)13(20)18(11)10-7-15-9-16-8-10/h7-9,11H,4-6H2,1-3H3,(H,17,19). The summed E-state index contributed by atoms with van der Waals surface area (Å²) in [6.45, 7) is 5.71. The summed E-state index contributed by atoms with van der Waals surface area (Å²) >= 11 is 0. The maximum absolute atomic E-state index is 12.9. The minimum atomic E-state index is -0.821. The van der Waals surface area contributed by atoms with Crippen LogP contribution in [0.4, 0.5) is 5.69 Å². The van der Waals surface area contributed by atoms with Gasteiger partial charge in [0.2, 0.25) is 5.91 Å². The van der Waals surface area contributed by atoms with Crippen LogP contribution in [0.3, 0.4) is 0 Å². The van der Waals surface area contributed by atoms with Gasteiger partial charge < -0.3 is 5.32 Å². The molecule has 1 aliphatic heterocycles. The molecule has 1 aromatic heterocycles. The monoisotopic (exact) mass is 276 g/mol. The third kappa shape index (κ3) is 2.15. The fraction of sp³-hybridized carbons (Fsp3) is 0.571. The van der Waals surface area contributed by atoms with E-state index in [4.69, 9.17) is 0 Å². The molecule has 2 rings (SSSR count). The van der Waals surface area contributed by atoms with Gasteiger partial charge in [-0.2, -0.15) is 0 Å². The third-order valence-corrected chi connectivity index (χ3v) is 4.02. The van der Waals surface area contributed by atoms with Gasteiger partial charge in [0, 0.05) is 0 Å². The summed E-state index contributed by atoms with van der Waals surface area (Å²) in [7, 11) is 0. The average molecular weight is 276 g/mol. The number of hydrogen-bond acceptors (Lipinski definition) is 4. The molecule has 0 bridgehead atoms. The molecule has 1 saturated heterocycles. The Kier molecular flexibility index (Phi) is 4.01. The van der Waals surface area contributed by atoms with Crippen LogP contribution in [0.2, 0.25) is 0 Å². The lowest BCUT2D eigenvalue weighted by Crippen LogP contribution is -2.70. The molecule has 1 aliphatic rings. The van der Waals surface area contributed by atoms with Crippen LogP contribution < -0.4 is 10.2 Å². The van der Waals surface area contributed by atoms with Crippen LogP contribution in [0.5, 0.6) is 0 Å². The van der Waals surface area contributed by atoms with Gasteiger partial charge in [-0.15, -0.1) is 0 Å². The highest BCUT2D eigenvalue weighted by molar-refractivity contribution is 6.10. The van der Waals surface area contributed by atoms with Gasteiger partial charge in [-0.25, -0.2) is 9.97 Å². The van der Waals surface area contributed by atoms with Crippen molar-refractivity contribution in [3.05, 3.63) is 18.7 Å². The second-order valence-electron chi connectivity index (χ2n) is 4.97. The first kappa shape index (κ1) is 14.4. The summed E-state index contributed by atoms with van der Waals surface area (Å²) in [6, 6.07) is -0.500. The fourth-order valence-corrected chi connectivity index (χ4v) is 2.67. The molecule has 0 saturated carbocycles. The molecule has 20 heavy (non-hydrogen) atoms. The predicted octanol–water partition coefficient (Wildman–Crippen LogP) is 1.28. The summed E-state index contributed by atoms with van der Waals surface area (Å²) < 4.78 is 0. The van der Waals surface area contributed by atoms with Crippen LogP contribution >= 0.6 is 0 Å². The number of carbonyl (C=O) groups excluding carboxylic acids is 2. The van der Waals surface area contributed by atoms with Crippen LogP contribution in [0.15, 0.2) is 18.7 Å². The minimum Gasteiger partial charge on any atom is -0.340 e. The van der Waals surface area contributed by atoms with Crippen LogP contribution in [0.1, 0.15) is 40.0 Å². The van der Waals surface area contributed by atoms with Crippen molar-refractivity contribution in [2.45, 2.75) is 51.6 Å². The van der Waals surface area contributed by atoms with Crippen molar-refractivity contribution >= 4 is 17.5 Å². The number of anilines is 1. The number of nitrogens with zero attached hydrogens (tertiary/aromatic N) is 3. The molecule has 1 unspecified atom stereocenters. The van der Waals surface area contributed by atoms with Crippen molar-refractivity contribution in [1.82, 2.24) is 15.3 Å². The molecule has 0 spiro atoms. The van der Waals surface area contributed by atoms with Crippen molar-refractivity contribution in [2.24, 2.45) is 0 Å². The van der Waals surface area contributed by atoms with Crippen LogP contribution in [0, 0.1) is 0 Å². The van der Waals surface area contributed by atoms with Gasteiger partial charge in [0.1, 0.15) is 17.9 Å². The summed E-state index contributed by atoms with van der Waals surface area (Å²) in [5, 5.41) is 2.91. The Morgan fingerprint density at radius 3 is 2.30 bits per heavy atom. The summed E-state index contributed by atoms with van der Waals surface area (Å²) in [5.74, 6) is -0.191. The van der Waals surface area contributed by atoms with Crippen molar-refractivity contribution in [2.75, 3.05) is 4.90 Å². The molecule has 1 N–H and O–H groups in total. The Labute approximate surface area is 118 Å². The predicted molar refractivity (Wildman–Crippen MR) is 75.1 cm³/mol. The Balaban J connectivity index is 2.49. The molecular formula is C14H20N4O2. The molecule has 1 fully saturated rings. The van der Waals surface area contributed by atoms with Crippen LogP contribution in [-0.2, 0) is 9.59 Å². The molecule has 6 nitrogen and oxygen atoms in total. The normalized spacial score (nSPS) is 21.8. The molecular weight excluding hydrogens is 256 g/mol. The Morgan fingerprint density at radius 1 is 1.20 bits per heavy atom. The van der Waals surface area contributed by atoms with E-state index in [0.29, 0.717) is 24.9 Å². The van der Waals surface area contributed by atoms with Crippen molar-refractivity contribution < 1.29 is 9.59 Å².